The van der Waals surface area contributed by atoms with Gasteiger partial charge in [0.05, 0.1) is 0 Å². The Morgan fingerprint density at radius 1 is 0.312 bits per heavy atom. The summed E-state index contributed by atoms with van der Waals surface area (Å²) in [5, 5.41) is 4.48. The van der Waals surface area contributed by atoms with Crippen LogP contribution in [0.2, 0.25) is 0 Å². The van der Waals surface area contributed by atoms with Crippen molar-refractivity contribution in [2.24, 2.45) is 0 Å². The van der Waals surface area contributed by atoms with E-state index >= 15 is 0 Å². The van der Waals surface area contributed by atoms with Crippen LogP contribution in [0.15, 0.2) is 142 Å². The smallest absolute Gasteiger partial charge is 0.143 e. The Balaban J connectivity index is 1.27. The zero-order valence-electron chi connectivity index (χ0n) is 27.5. The lowest BCUT2D eigenvalue weighted by Crippen LogP contribution is -1.90. The van der Waals surface area contributed by atoms with E-state index in [9.17, 15) is 0 Å². The molecular weight excluding hydrogens is 585 g/mol. The van der Waals surface area contributed by atoms with E-state index in [2.05, 4.69) is 155 Å². The molecule has 230 valence electrons. The summed E-state index contributed by atoms with van der Waals surface area (Å²) in [7, 11) is 0. The van der Waals surface area contributed by atoms with E-state index in [4.69, 9.17) is 8.83 Å². The van der Waals surface area contributed by atoms with Crippen LogP contribution in [0.25, 0.3) is 88.4 Å². The molecule has 48 heavy (non-hydrogen) atoms. The molecule has 0 aliphatic heterocycles. The number of aryl methyl sites for hydroxylation is 4. The Morgan fingerprint density at radius 2 is 0.938 bits per heavy atom. The molecule has 0 aliphatic rings. The molecule has 9 aromatic rings. The van der Waals surface area contributed by atoms with Crippen LogP contribution in [-0.2, 0) is 0 Å². The van der Waals surface area contributed by atoms with E-state index in [0.29, 0.717) is 0 Å². The van der Waals surface area contributed by atoms with Gasteiger partial charge in [0.2, 0.25) is 0 Å². The van der Waals surface area contributed by atoms with E-state index in [1.165, 1.54) is 50.1 Å². The number of benzene rings is 7. The topological polar surface area (TPSA) is 26.3 Å². The maximum absolute atomic E-state index is 6.61. The van der Waals surface area contributed by atoms with Gasteiger partial charge < -0.3 is 8.83 Å². The summed E-state index contributed by atoms with van der Waals surface area (Å²) in [5.41, 5.74) is 18.0. The molecule has 0 aliphatic carbocycles. The second-order valence-electron chi connectivity index (χ2n) is 13.3. The number of furan rings is 2. The Hall–Kier alpha value is -5.86. The lowest BCUT2D eigenvalue weighted by Gasteiger charge is -2.15. The summed E-state index contributed by atoms with van der Waals surface area (Å²) >= 11 is 0. The number of para-hydroxylation sites is 1. The van der Waals surface area contributed by atoms with Crippen molar-refractivity contribution in [3.63, 3.8) is 0 Å². The van der Waals surface area contributed by atoms with E-state index in [1.54, 1.807) is 0 Å². The van der Waals surface area contributed by atoms with Gasteiger partial charge in [-0.25, -0.2) is 0 Å². The predicted molar refractivity (Wildman–Crippen MR) is 202 cm³/mol. The zero-order chi connectivity index (χ0) is 32.5. The van der Waals surface area contributed by atoms with E-state index in [1.807, 2.05) is 6.07 Å². The Kier molecular flexibility index (Phi) is 6.42. The minimum atomic E-state index is 0.891. The highest BCUT2D eigenvalue weighted by Crippen LogP contribution is 2.43. The van der Waals surface area contributed by atoms with Crippen LogP contribution in [-0.4, -0.2) is 0 Å². The van der Waals surface area contributed by atoms with Crippen molar-refractivity contribution in [3.8, 4) is 44.5 Å². The van der Waals surface area contributed by atoms with Crippen molar-refractivity contribution in [1.29, 1.82) is 0 Å². The molecule has 0 amide bonds. The predicted octanol–water partition coefficient (Wildman–Crippen LogP) is 13.4. The van der Waals surface area contributed by atoms with Crippen LogP contribution in [0.5, 0.6) is 0 Å². The van der Waals surface area contributed by atoms with Crippen molar-refractivity contribution < 1.29 is 8.83 Å². The Bertz CT molecular complexity index is 2700. The van der Waals surface area contributed by atoms with Crippen LogP contribution in [0, 0.1) is 27.7 Å². The Labute approximate surface area is 279 Å². The quantitative estimate of drug-likeness (QED) is 0.196. The maximum atomic E-state index is 6.61. The molecular formula is C46H34O2. The monoisotopic (exact) mass is 618 g/mol. The molecule has 2 heterocycles. The average molecular weight is 619 g/mol. The van der Waals surface area contributed by atoms with Gasteiger partial charge in [0, 0.05) is 27.1 Å². The first kappa shape index (κ1) is 28.4. The van der Waals surface area contributed by atoms with Gasteiger partial charge in [-0.1, -0.05) is 102 Å². The largest absolute Gasteiger partial charge is 0.456 e. The number of hydrogen-bond donors (Lipinski definition) is 0. The Morgan fingerprint density at radius 3 is 1.79 bits per heavy atom. The molecule has 0 N–H and O–H groups in total. The minimum Gasteiger partial charge on any atom is -0.456 e. The molecule has 7 aromatic carbocycles. The third-order valence-corrected chi connectivity index (χ3v) is 9.67. The molecule has 0 unspecified atom stereocenters. The van der Waals surface area contributed by atoms with Crippen molar-refractivity contribution in [3.05, 3.63) is 156 Å². The second-order valence-corrected chi connectivity index (χ2v) is 13.3. The molecule has 0 saturated carbocycles. The highest BCUT2D eigenvalue weighted by molar-refractivity contribution is 6.13. The summed E-state index contributed by atoms with van der Waals surface area (Å²) in [6, 6.07) is 48.4. The summed E-state index contributed by atoms with van der Waals surface area (Å²) in [6.45, 7) is 8.63. The van der Waals surface area contributed by atoms with E-state index in [0.717, 1.165) is 60.6 Å². The van der Waals surface area contributed by atoms with Crippen molar-refractivity contribution in [1.82, 2.24) is 0 Å². The summed E-state index contributed by atoms with van der Waals surface area (Å²) in [5.74, 6) is 0. The van der Waals surface area contributed by atoms with Gasteiger partial charge in [-0.15, -0.1) is 0 Å². The zero-order valence-corrected chi connectivity index (χ0v) is 27.5. The number of fused-ring (bicyclic) bond motifs is 6. The van der Waals surface area contributed by atoms with Gasteiger partial charge in [-0.3, -0.25) is 0 Å². The highest BCUT2D eigenvalue weighted by atomic mass is 16.3. The lowest BCUT2D eigenvalue weighted by molar-refractivity contribution is 0.668. The fourth-order valence-electron chi connectivity index (χ4n) is 7.25. The normalized spacial score (nSPS) is 11.8. The first-order chi connectivity index (χ1) is 23.4. The van der Waals surface area contributed by atoms with Crippen LogP contribution < -0.4 is 0 Å². The van der Waals surface area contributed by atoms with Crippen molar-refractivity contribution in [2.75, 3.05) is 0 Å². The van der Waals surface area contributed by atoms with E-state index in [-0.39, 0.29) is 0 Å². The van der Waals surface area contributed by atoms with Gasteiger partial charge in [0.1, 0.15) is 22.3 Å². The van der Waals surface area contributed by atoms with Gasteiger partial charge in [0.15, 0.2) is 0 Å². The second kappa shape index (κ2) is 10.9. The molecule has 0 saturated heterocycles. The van der Waals surface area contributed by atoms with Crippen LogP contribution in [0.3, 0.4) is 0 Å². The van der Waals surface area contributed by atoms with Crippen LogP contribution in [0.1, 0.15) is 22.3 Å². The number of rotatable bonds is 4. The first-order valence-corrected chi connectivity index (χ1v) is 16.6. The maximum Gasteiger partial charge on any atom is 0.143 e. The molecule has 9 rings (SSSR count). The molecule has 0 atom stereocenters. The standard InChI is InChI=1S/C46H34O2/c1-27-9-13-31(14-10-27)36-16-11-28(2)21-38(36)35-20-30(4)19-33(23-35)34-25-39(46-42(26-34)37-7-5-6-8-43(37)48-46)32-15-18-45-41(24-32)40-22-29(3)12-17-44(40)47-45/h5-26H,1-4H3. The third kappa shape index (κ3) is 4.72. The molecule has 2 heteroatoms. The average Bonchev–Trinajstić information content (AvgIpc) is 3.65. The molecule has 2 nitrogen and oxygen atoms in total. The van der Waals surface area contributed by atoms with Crippen molar-refractivity contribution in [2.45, 2.75) is 27.7 Å². The summed E-state index contributed by atoms with van der Waals surface area (Å²) in [4.78, 5) is 0. The van der Waals surface area contributed by atoms with Crippen molar-refractivity contribution >= 4 is 43.9 Å². The highest BCUT2D eigenvalue weighted by Gasteiger charge is 2.18. The molecule has 0 fully saturated rings. The fourth-order valence-corrected chi connectivity index (χ4v) is 7.25. The molecule has 0 bridgehead atoms. The minimum absolute atomic E-state index is 0.891. The van der Waals surface area contributed by atoms with Gasteiger partial charge >= 0.3 is 0 Å². The molecule has 0 spiro atoms. The summed E-state index contributed by atoms with van der Waals surface area (Å²) < 4.78 is 12.8. The van der Waals surface area contributed by atoms with Gasteiger partial charge in [-0.2, -0.15) is 0 Å². The molecule has 0 radical (unpaired) electrons. The van der Waals surface area contributed by atoms with Gasteiger partial charge in [0.25, 0.3) is 0 Å². The van der Waals surface area contributed by atoms with Crippen LogP contribution >= 0.6 is 0 Å². The fraction of sp³-hybridized carbons (Fsp3) is 0.0870. The first-order valence-electron chi connectivity index (χ1n) is 16.6. The van der Waals surface area contributed by atoms with E-state index < -0.39 is 0 Å². The van der Waals surface area contributed by atoms with Crippen LogP contribution in [0.4, 0.5) is 0 Å². The van der Waals surface area contributed by atoms with Gasteiger partial charge in [-0.05, 0) is 121 Å². The summed E-state index contributed by atoms with van der Waals surface area (Å²) in [6.07, 6.45) is 0. The third-order valence-electron chi connectivity index (χ3n) is 9.67. The lowest BCUT2D eigenvalue weighted by atomic mass is 9.89. The molecule has 2 aromatic heterocycles. The number of hydrogen-bond acceptors (Lipinski definition) is 2. The SMILES string of the molecule is Cc1ccc(-c2ccc(C)cc2-c2cc(C)cc(-c3cc(-c4ccc5oc6ccc(C)cc6c5c4)c4oc5ccccc5c4c3)c2)cc1.